The maximum absolute atomic E-state index is 12.8. The fourth-order valence-electron chi connectivity index (χ4n) is 2.73. The van der Waals surface area contributed by atoms with Gasteiger partial charge in [-0.3, -0.25) is 4.79 Å². The third-order valence-corrected chi connectivity index (χ3v) is 4.20. The number of carbonyl (C=O) groups is 2. The van der Waals surface area contributed by atoms with Crippen LogP contribution in [-0.4, -0.2) is 28.6 Å². The number of phenolic OH excluding ortho intramolecular Hbond substituents is 1. The van der Waals surface area contributed by atoms with Crippen LogP contribution in [0.15, 0.2) is 84.9 Å². The Bertz CT molecular complexity index is 878. The highest BCUT2D eigenvalue weighted by molar-refractivity contribution is 5.98. The Balaban J connectivity index is 1.84. The van der Waals surface area contributed by atoms with Gasteiger partial charge in [0.25, 0.3) is 0 Å². The second-order valence-electron chi connectivity index (χ2n) is 5.99. The fraction of sp³-hybridized carbons (Fsp3) is 0.0909. The zero-order valence-electron chi connectivity index (χ0n) is 14.4. The van der Waals surface area contributed by atoms with Gasteiger partial charge in [-0.1, -0.05) is 60.7 Å². The van der Waals surface area contributed by atoms with Gasteiger partial charge in [0.05, 0.1) is 0 Å². The zero-order chi connectivity index (χ0) is 19.3. The van der Waals surface area contributed by atoms with E-state index in [4.69, 9.17) is 4.74 Å². The molecule has 0 spiro atoms. The molecule has 0 aliphatic rings. The van der Waals surface area contributed by atoms with Crippen molar-refractivity contribution in [3.8, 4) is 5.75 Å². The Kier molecular flexibility index (Phi) is 5.33. The van der Waals surface area contributed by atoms with Crippen LogP contribution in [0.2, 0.25) is 0 Å². The monoisotopic (exact) mass is 362 g/mol. The number of hydrogen-bond acceptors (Lipinski definition) is 5. The number of ketones is 1. The normalized spacial score (nSPS) is 11.0. The standard InChI is InChI=1S/C22H18O5/c23-19-13-11-16(12-14-19)20(24)15-27-21(25)22(26,17-7-3-1-4-8-17)18-9-5-2-6-10-18/h1-14,23,26H,15H2. The Morgan fingerprint density at radius 1 is 0.778 bits per heavy atom. The van der Waals surface area contributed by atoms with Gasteiger partial charge in [-0.05, 0) is 35.4 Å². The van der Waals surface area contributed by atoms with E-state index in [0.717, 1.165) is 0 Å². The summed E-state index contributed by atoms with van der Waals surface area (Å²) in [5.74, 6) is -1.34. The molecule has 136 valence electrons. The first-order valence-electron chi connectivity index (χ1n) is 8.34. The summed E-state index contributed by atoms with van der Waals surface area (Å²) in [5.41, 5.74) is -1.04. The van der Waals surface area contributed by atoms with Gasteiger partial charge >= 0.3 is 5.97 Å². The van der Waals surface area contributed by atoms with Crippen molar-refractivity contribution in [2.24, 2.45) is 0 Å². The van der Waals surface area contributed by atoms with E-state index in [1.165, 1.54) is 24.3 Å². The smallest absolute Gasteiger partial charge is 0.348 e. The maximum Gasteiger partial charge on any atom is 0.348 e. The topological polar surface area (TPSA) is 83.8 Å². The van der Waals surface area contributed by atoms with E-state index < -0.39 is 24.0 Å². The number of ether oxygens (including phenoxy) is 1. The Morgan fingerprint density at radius 2 is 1.26 bits per heavy atom. The van der Waals surface area contributed by atoms with Crippen molar-refractivity contribution in [3.63, 3.8) is 0 Å². The molecule has 0 saturated heterocycles. The van der Waals surface area contributed by atoms with Crippen LogP contribution >= 0.6 is 0 Å². The van der Waals surface area contributed by atoms with E-state index in [0.29, 0.717) is 16.7 Å². The van der Waals surface area contributed by atoms with E-state index in [9.17, 15) is 19.8 Å². The predicted octanol–water partition coefficient (Wildman–Crippen LogP) is 3.05. The minimum Gasteiger partial charge on any atom is -0.508 e. The number of hydrogen-bond donors (Lipinski definition) is 2. The van der Waals surface area contributed by atoms with Crippen LogP contribution in [0.4, 0.5) is 0 Å². The summed E-state index contributed by atoms with van der Waals surface area (Å²) < 4.78 is 5.16. The molecule has 0 unspecified atom stereocenters. The van der Waals surface area contributed by atoms with Crippen molar-refractivity contribution in [3.05, 3.63) is 102 Å². The molecule has 0 bridgehead atoms. The molecule has 0 saturated carbocycles. The lowest BCUT2D eigenvalue weighted by atomic mass is 9.86. The number of esters is 1. The Hall–Kier alpha value is -3.44. The molecular formula is C22H18O5. The fourth-order valence-corrected chi connectivity index (χ4v) is 2.73. The van der Waals surface area contributed by atoms with Crippen LogP contribution in [0.1, 0.15) is 21.5 Å². The molecule has 0 fully saturated rings. The molecule has 0 aliphatic carbocycles. The second kappa shape index (κ2) is 7.85. The average Bonchev–Trinajstić information content (AvgIpc) is 2.73. The largest absolute Gasteiger partial charge is 0.508 e. The summed E-state index contributed by atoms with van der Waals surface area (Å²) in [6, 6.07) is 22.5. The van der Waals surface area contributed by atoms with Crippen LogP contribution in [-0.2, 0) is 15.1 Å². The average molecular weight is 362 g/mol. The first-order valence-corrected chi connectivity index (χ1v) is 8.34. The first kappa shape index (κ1) is 18.4. The van der Waals surface area contributed by atoms with Crippen molar-refractivity contribution in [1.82, 2.24) is 0 Å². The summed E-state index contributed by atoms with van der Waals surface area (Å²) in [6.07, 6.45) is 0. The molecule has 3 aromatic carbocycles. The van der Waals surface area contributed by atoms with Gasteiger partial charge < -0.3 is 14.9 Å². The quantitative estimate of drug-likeness (QED) is 0.520. The zero-order valence-corrected chi connectivity index (χ0v) is 14.4. The van der Waals surface area contributed by atoms with Gasteiger partial charge in [0.2, 0.25) is 5.60 Å². The van der Waals surface area contributed by atoms with Gasteiger partial charge in [0.1, 0.15) is 5.75 Å². The van der Waals surface area contributed by atoms with Crippen molar-refractivity contribution in [2.75, 3.05) is 6.61 Å². The minimum atomic E-state index is -2.03. The molecule has 3 rings (SSSR count). The predicted molar refractivity (Wildman–Crippen MR) is 99.3 cm³/mol. The molecule has 0 aromatic heterocycles. The summed E-state index contributed by atoms with van der Waals surface area (Å²) in [4.78, 5) is 25.0. The highest BCUT2D eigenvalue weighted by atomic mass is 16.6. The van der Waals surface area contributed by atoms with Gasteiger partial charge in [0.15, 0.2) is 12.4 Å². The molecule has 3 aromatic rings. The Labute approximate surface area is 156 Å². The van der Waals surface area contributed by atoms with E-state index >= 15 is 0 Å². The summed E-state index contributed by atoms with van der Waals surface area (Å²) in [7, 11) is 0. The minimum absolute atomic E-state index is 0.0334. The molecule has 0 amide bonds. The molecular weight excluding hydrogens is 344 g/mol. The third-order valence-electron chi connectivity index (χ3n) is 4.20. The lowest BCUT2D eigenvalue weighted by molar-refractivity contribution is -0.160. The summed E-state index contributed by atoms with van der Waals surface area (Å²) >= 11 is 0. The van der Waals surface area contributed by atoms with Crippen LogP contribution in [0.3, 0.4) is 0 Å². The molecule has 5 heteroatoms. The number of benzene rings is 3. The third kappa shape index (κ3) is 3.88. The van der Waals surface area contributed by atoms with Gasteiger partial charge in [-0.25, -0.2) is 4.79 Å². The number of Topliss-reactive ketones (excluding diaryl/α,β-unsaturated/α-hetero) is 1. The highest BCUT2D eigenvalue weighted by Crippen LogP contribution is 2.31. The van der Waals surface area contributed by atoms with Crippen LogP contribution < -0.4 is 0 Å². The summed E-state index contributed by atoms with van der Waals surface area (Å²) in [6.45, 7) is -0.522. The molecule has 0 radical (unpaired) electrons. The highest BCUT2D eigenvalue weighted by Gasteiger charge is 2.41. The maximum atomic E-state index is 12.8. The molecule has 27 heavy (non-hydrogen) atoms. The van der Waals surface area contributed by atoms with E-state index in [2.05, 4.69) is 0 Å². The van der Waals surface area contributed by atoms with Crippen molar-refractivity contribution >= 4 is 11.8 Å². The Morgan fingerprint density at radius 3 is 1.74 bits per heavy atom. The number of phenols is 1. The number of aromatic hydroxyl groups is 1. The van der Waals surface area contributed by atoms with E-state index in [1.54, 1.807) is 60.7 Å². The lowest BCUT2D eigenvalue weighted by Crippen LogP contribution is -2.39. The van der Waals surface area contributed by atoms with Crippen LogP contribution in [0.25, 0.3) is 0 Å². The van der Waals surface area contributed by atoms with E-state index in [1.807, 2.05) is 0 Å². The molecule has 5 nitrogen and oxygen atoms in total. The van der Waals surface area contributed by atoms with Crippen LogP contribution in [0, 0.1) is 0 Å². The molecule has 0 heterocycles. The number of aliphatic hydroxyl groups is 1. The molecule has 0 atom stereocenters. The van der Waals surface area contributed by atoms with Crippen molar-refractivity contribution < 1.29 is 24.5 Å². The van der Waals surface area contributed by atoms with Gasteiger partial charge in [-0.2, -0.15) is 0 Å². The van der Waals surface area contributed by atoms with E-state index in [-0.39, 0.29) is 5.75 Å². The molecule has 2 N–H and O–H groups in total. The number of rotatable bonds is 6. The molecule has 0 aliphatic heterocycles. The lowest BCUT2D eigenvalue weighted by Gasteiger charge is -2.26. The van der Waals surface area contributed by atoms with Crippen LogP contribution in [0.5, 0.6) is 5.75 Å². The SMILES string of the molecule is O=C(COC(=O)C(O)(c1ccccc1)c1ccccc1)c1ccc(O)cc1. The van der Waals surface area contributed by atoms with Crippen molar-refractivity contribution in [2.45, 2.75) is 5.60 Å². The van der Waals surface area contributed by atoms with Gasteiger partial charge in [-0.15, -0.1) is 0 Å². The van der Waals surface area contributed by atoms with Gasteiger partial charge in [0, 0.05) is 5.56 Å². The first-order chi connectivity index (χ1) is 13.0. The summed E-state index contributed by atoms with van der Waals surface area (Å²) in [5, 5.41) is 20.5. The van der Waals surface area contributed by atoms with Crippen molar-refractivity contribution in [1.29, 1.82) is 0 Å². The second-order valence-corrected chi connectivity index (χ2v) is 5.99. The number of carbonyl (C=O) groups excluding carboxylic acids is 2.